The first-order chi connectivity index (χ1) is 13.8. The molecule has 0 saturated carbocycles. The van der Waals surface area contributed by atoms with E-state index in [-0.39, 0.29) is 23.8 Å². The van der Waals surface area contributed by atoms with Crippen LogP contribution in [0.1, 0.15) is 47.5 Å². The number of rotatable bonds is 6. The number of hydrogen-bond donors (Lipinski definition) is 2. The Bertz CT molecular complexity index is 1020. The van der Waals surface area contributed by atoms with E-state index in [2.05, 4.69) is 10.4 Å². The van der Waals surface area contributed by atoms with Crippen LogP contribution in [-0.2, 0) is 0 Å². The smallest absolute Gasteiger partial charge is 0.254 e. The van der Waals surface area contributed by atoms with Gasteiger partial charge < -0.3 is 10.4 Å². The molecule has 29 heavy (non-hydrogen) atoms. The van der Waals surface area contributed by atoms with E-state index in [9.17, 15) is 23.1 Å². The minimum atomic E-state index is -1.20. The van der Waals surface area contributed by atoms with Gasteiger partial charge in [0.1, 0.15) is 5.82 Å². The topological polar surface area (TPSA) is 67.2 Å². The SMILES string of the molecule is CC(C)c1c(C(=O)NCC(O)c2ccc(F)c(F)c2)cnn1-c1ccc(F)cc1. The average molecular weight is 403 g/mol. The van der Waals surface area contributed by atoms with Crippen LogP contribution >= 0.6 is 0 Å². The molecule has 0 saturated heterocycles. The summed E-state index contributed by atoms with van der Waals surface area (Å²) in [5, 5.41) is 17.0. The lowest BCUT2D eigenvalue weighted by molar-refractivity contribution is 0.0914. The first kappa shape index (κ1) is 20.6. The molecular formula is C21H20F3N3O2. The lowest BCUT2D eigenvalue weighted by Gasteiger charge is -2.15. The minimum Gasteiger partial charge on any atom is -0.387 e. The summed E-state index contributed by atoms with van der Waals surface area (Å²) in [6.45, 7) is 3.59. The number of aromatic nitrogens is 2. The molecule has 0 radical (unpaired) electrons. The van der Waals surface area contributed by atoms with Gasteiger partial charge in [-0.25, -0.2) is 17.9 Å². The summed E-state index contributed by atoms with van der Waals surface area (Å²) in [6, 6.07) is 8.78. The standard InChI is InChI=1S/C21H20F3N3O2/c1-12(2)20-16(10-26-27(20)15-6-4-14(22)5-7-15)21(29)25-11-19(28)13-3-8-17(23)18(24)9-13/h3-10,12,19,28H,11H2,1-2H3,(H,25,29). The molecule has 0 aliphatic carbocycles. The van der Waals surface area contributed by atoms with Crippen molar-refractivity contribution in [3.63, 3.8) is 0 Å². The third-order valence-corrected chi connectivity index (χ3v) is 4.45. The first-order valence-corrected chi connectivity index (χ1v) is 9.03. The predicted molar refractivity (Wildman–Crippen MR) is 101 cm³/mol. The van der Waals surface area contributed by atoms with Crippen molar-refractivity contribution in [3.05, 3.63) is 82.9 Å². The fraction of sp³-hybridized carbons (Fsp3) is 0.238. The summed E-state index contributed by atoms with van der Waals surface area (Å²) in [4.78, 5) is 12.7. The Labute approximate surface area is 165 Å². The van der Waals surface area contributed by atoms with Crippen LogP contribution in [0.2, 0.25) is 0 Å². The van der Waals surface area contributed by atoms with Crippen molar-refractivity contribution in [2.75, 3.05) is 6.54 Å². The zero-order valence-corrected chi connectivity index (χ0v) is 15.9. The maximum atomic E-state index is 13.3. The third kappa shape index (κ3) is 4.48. The number of carbonyl (C=O) groups excluding carboxylic acids is 1. The second-order valence-corrected chi connectivity index (χ2v) is 6.89. The Balaban J connectivity index is 1.78. The van der Waals surface area contributed by atoms with Gasteiger partial charge in [-0.1, -0.05) is 19.9 Å². The molecule has 152 valence electrons. The molecule has 8 heteroatoms. The van der Waals surface area contributed by atoms with Crippen LogP contribution in [0.4, 0.5) is 13.2 Å². The Kier molecular flexibility index (Phi) is 6.03. The number of carbonyl (C=O) groups is 1. The van der Waals surface area contributed by atoms with Gasteiger partial charge in [-0.3, -0.25) is 4.79 Å². The minimum absolute atomic E-state index is 0.0700. The maximum absolute atomic E-state index is 13.3. The van der Waals surface area contributed by atoms with Crippen LogP contribution in [-0.4, -0.2) is 27.3 Å². The highest BCUT2D eigenvalue weighted by Crippen LogP contribution is 2.23. The van der Waals surface area contributed by atoms with Crippen LogP contribution in [0.3, 0.4) is 0 Å². The molecule has 0 spiro atoms. The molecule has 0 bridgehead atoms. The van der Waals surface area contributed by atoms with E-state index in [4.69, 9.17) is 0 Å². The number of aliphatic hydroxyl groups is 1. The Morgan fingerprint density at radius 3 is 2.41 bits per heavy atom. The summed E-state index contributed by atoms with van der Waals surface area (Å²) in [6.07, 6.45) is 0.196. The van der Waals surface area contributed by atoms with Crippen LogP contribution in [0, 0.1) is 17.5 Å². The van der Waals surface area contributed by atoms with Gasteiger partial charge in [0.15, 0.2) is 11.6 Å². The van der Waals surface area contributed by atoms with Crippen molar-refractivity contribution >= 4 is 5.91 Å². The van der Waals surface area contributed by atoms with Crippen molar-refractivity contribution in [3.8, 4) is 5.69 Å². The van der Waals surface area contributed by atoms with Gasteiger partial charge in [0.05, 0.1) is 29.2 Å². The van der Waals surface area contributed by atoms with Crippen molar-refractivity contribution in [1.29, 1.82) is 0 Å². The average Bonchev–Trinajstić information content (AvgIpc) is 3.14. The van der Waals surface area contributed by atoms with Gasteiger partial charge in [-0.15, -0.1) is 0 Å². The van der Waals surface area contributed by atoms with Crippen LogP contribution in [0.5, 0.6) is 0 Å². The highest BCUT2D eigenvalue weighted by molar-refractivity contribution is 5.95. The molecule has 1 unspecified atom stereocenters. The molecule has 0 aliphatic heterocycles. The monoisotopic (exact) mass is 403 g/mol. The van der Waals surface area contributed by atoms with Crippen molar-refractivity contribution in [2.45, 2.75) is 25.9 Å². The molecule has 2 aromatic carbocycles. The second-order valence-electron chi connectivity index (χ2n) is 6.89. The van der Waals surface area contributed by atoms with Gasteiger partial charge in [0.2, 0.25) is 0 Å². The van der Waals surface area contributed by atoms with Crippen molar-refractivity contribution in [1.82, 2.24) is 15.1 Å². The summed E-state index contributed by atoms with van der Waals surface area (Å²) in [7, 11) is 0. The number of amides is 1. The summed E-state index contributed by atoms with van der Waals surface area (Å²) in [5.74, 6) is -3.00. The highest BCUT2D eigenvalue weighted by Gasteiger charge is 2.22. The van der Waals surface area contributed by atoms with Gasteiger partial charge in [-0.2, -0.15) is 5.10 Å². The van der Waals surface area contributed by atoms with Crippen molar-refractivity contribution < 1.29 is 23.1 Å². The van der Waals surface area contributed by atoms with E-state index < -0.39 is 23.6 Å². The van der Waals surface area contributed by atoms with E-state index >= 15 is 0 Å². The van der Waals surface area contributed by atoms with E-state index in [1.807, 2.05) is 13.8 Å². The Morgan fingerprint density at radius 2 is 1.79 bits per heavy atom. The fourth-order valence-corrected chi connectivity index (χ4v) is 3.00. The zero-order chi connectivity index (χ0) is 21.1. The molecule has 3 rings (SSSR count). The predicted octanol–water partition coefficient (Wildman–Crippen LogP) is 3.88. The molecule has 1 aromatic heterocycles. The lowest BCUT2D eigenvalue weighted by atomic mass is 10.0. The molecule has 2 N–H and O–H groups in total. The quantitative estimate of drug-likeness (QED) is 0.657. The molecule has 3 aromatic rings. The second kappa shape index (κ2) is 8.48. The van der Waals surface area contributed by atoms with Gasteiger partial charge in [0, 0.05) is 6.54 Å². The van der Waals surface area contributed by atoms with Gasteiger partial charge >= 0.3 is 0 Å². The Hall–Kier alpha value is -3.13. The normalized spacial score (nSPS) is 12.2. The van der Waals surface area contributed by atoms with Crippen LogP contribution in [0.15, 0.2) is 48.7 Å². The van der Waals surface area contributed by atoms with Gasteiger partial charge in [-0.05, 0) is 47.9 Å². The molecule has 1 heterocycles. The number of hydrogen-bond acceptors (Lipinski definition) is 3. The molecular weight excluding hydrogens is 383 g/mol. The third-order valence-electron chi connectivity index (χ3n) is 4.45. The molecule has 5 nitrogen and oxygen atoms in total. The zero-order valence-electron chi connectivity index (χ0n) is 15.9. The number of nitrogens with one attached hydrogen (secondary N) is 1. The fourth-order valence-electron chi connectivity index (χ4n) is 3.00. The number of nitrogens with zero attached hydrogens (tertiary/aromatic N) is 2. The summed E-state index contributed by atoms with van der Waals surface area (Å²) < 4.78 is 41.1. The number of benzene rings is 2. The molecule has 0 fully saturated rings. The van der Waals surface area contributed by atoms with E-state index in [1.165, 1.54) is 24.4 Å². The largest absolute Gasteiger partial charge is 0.387 e. The maximum Gasteiger partial charge on any atom is 0.254 e. The molecule has 1 amide bonds. The first-order valence-electron chi connectivity index (χ1n) is 9.03. The van der Waals surface area contributed by atoms with E-state index in [0.29, 0.717) is 16.9 Å². The van der Waals surface area contributed by atoms with E-state index in [0.717, 1.165) is 12.1 Å². The van der Waals surface area contributed by atoms with E-state index in [1.54, 1.807) is 16.8 Å². The van der Waals surface area contributed by atoms with Crippen molar-refractivity contribution in [2.24, 2.45) is 0 Å². The highest BCUT2D eigenvalue weighted by atomic mass is 19.2. The van der Waals surface area contributed by atoms with Gasteiger partial charge in [0.25, 0.3) is 5.91 Å². The number of halogens is 3. The number of aliphatic hydroxyl groups excluding tert-OH is 1. The van der Waals surface area contributed by atoms with Crippen LogP contribution < -0.4 is 5.32 Å². The molecule has 0 aliphatic rings. The lowest BCUT2D eigenvalue weighted by Crippen LogP contribution is -2.29. The van der Waals surface area contributed by atoms with Crippen LogP contribution in [0.25, 0.3) is 5.69 Å². The summed E-state index contributed by atoms with van der Waals surface area (Å²) >= 11 is 0. The Morgan fingerprint density at radius 1 is 1.10 bits per heavy atom. The summed E-state index contributed by atoms with van der Waals surface area (Å²) in [5.41, 5.74) is 1.68. The molecule has 1 atom stereocenters.